The van der Waals surface area contributed by atoms with E-state index in [0.29, 0.717) is 24.7 Å². The maximum Gasteiger partial charge on any atom is 0.159 e. The Morgan fingerprint density at radius 3 is 2.19 bits per heavy atom. The van der Waals surface area contributed by atoms with Crippen molar-refractivity contribution in [1.82, 2.24) is 4.98 Å². The van der Waals surface area contributed by atoms with E-state index in [0.717, 1.165) is 11.3 Å². The molecular formula is C33H34IrNO2-. The van der Waals surface area contributed by atoms with Crippen molar-refractivity contribution < 1.29 is 30.0 Å². The van der Waals surface area contributed by atoms with Gasteiger partial charge in [0.1, 0.15) is 0 Å². The van der Waals surface area contributed by atoms with Crippen LogP contribution < -0.4 is 0 Å². The Morgan fingerprint density at radius 1 is 0.892 bits per heavy atom. The first-order chi connectivity index (χ1) is 17.3. The zero-order valence-corrected chi connectivity index (χ0v) is 24.5. The second-order valence-corrected chi connectivity index (χ2v) is 10.3. The van der Waals surface area contributed by atoms with Crippen LogP contribution in [0.2, 0.25) is 0 Å². The standard InChI is InChI=1S/C22H14N.C11H20O2.Ir/c1-14-13-23-22-20-10-5-4-9-18(20)16-7-2-3-8-17(16)19-12-6-11-15(14)21(19)22;1-8(2)5-10(12)7-11(13)6-9(3)4;/h2-9,11-13H,1H3;7-9,12H,5-6H2,1-4H3;/q-1;;/b;10-7-;. The third-order valence-electron chi connectivity index (χ3n) is 6.27. The number of fused-ring (bicyclic) bond motifs is 5. The number of ketones is 1. The van der Waals surface area contributed by atoms with E-state index in [-0.39, 0.29) is 31.6 Å². The first-order valence-electron chi connectivity index (χ1n) is 12.7. The van der Waals surface area contributed by atoms with Gasteiger partial charge in [-0.2, -0.15) is 0 Å². The SMILES string of the molecule is CC(C)CC(=O)/C=C(\O)CC(C)C.Cc1cnc2c3c(cccc13)-c1ccccc1-c1ccc[c-]c1-2.[Ir]. The molecule has 0 saturated carbocycles. The number of nitrogens with zero attached hydrogens (tertiary/aromatic N) is 1. The van der Waals surface area contributed by atoms with Gasteiger partial charge in [-0.25, -0.2) is 0 Å². The summed E-state index contributed by atoms with van der Waals surface area (Å²) in [5.74, 6) is 0.979. The van der Waals surface area contributed by atoms with E-state index in [9.17, 15) is 9.90 Å². The summed E-state index contributed by atoms with van der Waals surface area (Å²) in [5.41, 5.74) is 8.32. The zero-order valence-electron chi connectivity index (χ0n) is 22.1. The van der Waals surface area contributed by atoms with Gasteiger partial charge in [0.05, 0.1) is 5.76 Å². The fraction of sp³-hybridized carbons (Fsp3) is 0.273. The maximum absolute atomic E-state index is 11.2. The van der Waals surface area contributed by atoms with Gasteiger partial charge in [-0.1, -0.05) is 81.3 Å². The first kappa shape index (κ1) is 28.5. The summed E-state index contributed by atoms with van der Waals surface area (Å²) in [6.45, 7) is 10.1. The molecule has 4 aromatic rings. The Kier molecular flexibility index (Phi) is 9.59. The molecule has 1 radical (unpaired) electrons. The Balaban J connectivity index is 0.000000237. The van der Waals surface area contributed by atoms with E-state index >= 15 is 0 Å². The normalized spacial score (nSPS) is 11.7. The van der Waals surface area contributed by atoms with Crippen molar-refractivity contribution in [2.24, 2.45) is 11.8 Å². The predicted molar refractivity (Wildman–Crippen MR) is 150 cm³/mol. The maximum atomic E-state index is 11.2. The molecule has 0 unspecified atom stereocenters. The largest absolute Gasteiger partial charge is 0.512 e. The molecule has 1 N–H and O–H groups in total. The van der Waals surface area contributed by atoms with E-state index in [1.165, 1.54) is 44.7 Å². The van der Waals surface area contributed by atoms with Crippen molar-refractivity contribution in [2.45, 2.75) is 47.5 Å². The minimum atomic E-state index is 0. The van der Waals surface area contributed by atoms with Gasteiger partial charge in [0, 0.05) is 45.2 Å². The van der Waals surface area contributed by atoms with Gasteiger partial charge in [0.25, 0.3) is 0 Å². The third kappa shape index (κ3) is 6.44. The van der Waals surface area contributed by atoms with Crippen molar-refractivity contribution in [3.05, 3.63) is 90.3 Å². The van der Waals surface area contributed by atoms with Crippen LogP contribution in [-0.2, 0) is 24.9 Å². The van der Waals surface area contributed by atoms with Crippen LogP contribution in [0, 0.1) is 24.8 Å². The monoisotopic (exact) mass is 669 g/mol. The Morgan fingerprint density at radius 2 is 1.51 bits per heavy atom. The van der Waals surface area contributed by atoms with Crippen molar-refractivity contribution in [1.29, 1.82) is 0 Å². The van der Waals surface area contributed by atoms with E-state index in [1.54, 1.807) is 0 Å². The smallest absolute Gasteiger partial charge is 0.159 e. The van der Waals surface area contributed by atoms with Crippen LogP contribution >= 0.6 is 0 Å². The second-order valence-electron chi connectivity index (χ2n) is 10.3. The van der Waals surface area contributed by atoms with Crippen LogP contribution in [-0.4, -0.2) is 15.9 Å². The molecular weight excluding hydrogens is 635 g/mol. The number of aromatic nitrogens is 1. The molecule has 0 amide bonds. The average molecular weight is 669 g/mol. The molecule has 0 spiro atoms. The quantitative estimate of drug-likeness (QED) is 0.116. The topological polar surface area (TPSA) is 50.2 Å². The molecule has 1 heterocycles. The summed E-state index contributed by atoms with van der Waals surface area (Å²) in [7, 11) is 0. The van der Waals surface area contributed by atoms with Crippen LogP contribution in [0.1, 0.15) is 46.1 Å². The minimum absolute atomic E-state index is 0. The molecule has 1 aliphatic carbocycles. The Labute approximate surface area is 234 Å². The zero-order chi connectivity index (χ0) is 25.8. The van der Waals surface area contributed by atoms with Gasteiger partial charge in [0.2, 0.25) is 0 Å². The van der Waals surface area contributed by atoms with E-state index < -0.39 is 0 Å². The Bertz CT molecular complexity index is 1380. The summed E-state index contributed by atoms with van der Waals surface area (Å²) in [4.78, 5) is 16.0. The predicted octanol–water partition coefficient (Wildman–Crippen LogP) is 8.74. The summed E-state index contributed by atoms with van der Waals surface area (Å²) in [6.07, 6.45) is 4.44. The van der Waals surface area contributed by atoms with Crippen LogP contribution in [0.25, 0.3) is 44.3 Å². The number of aryl methyl sites for hydroxylation is 1. The van der Waals surface area contributed by atoms with Crippen LogP contribution in [0.15, 0.2) is 78.7 Å². The molecule has 193 valence electrons. The molecule has 3 aromatic carbocycles. The molecule has 37 heavy (non-hydrogen) atoms. The van der Waals surface area contributed by atoms with Crippen molar-refractivity contribution >= 4 is 16.6 Å². The number of carbonyl (C=O) groups is 1. The number of aliphatic hydroxyl groups is 1. The molecule has 0 aliphatic heterocycles. The van der Waals surface area contributed by atoms with E-state index in [4.69, 9.17) is 4.98 Å². The van der Waals surface area contributed by atoms with Gasteiger partial charge < -0.3 is 10.1 Å². The number of hydrogen-bond donors (Lipinski definition) is 1. The van der Waals surface area contributed by atoms with Crippen LogP contribution in [0.4, 0.5) is 0 Å². The number of allylic oxidation sites excluding steroid dienone is 2. The summed E-state index contributed by atoms with van der Waals surface area (Å²) in [6, 6.07) is 24.8. The first-order valence-corrected chi connectivity index (χ1v) is 12.7. The van der Waals surface area contributed by atoms with Crippen molar-refractivity contribution in [3.63, 3.8) is 0 Å². The average Bonchev–Trinajstić information content (AvgIpc) is 2.95. The van der Waals surface area contributed by atoms with Gasteiger partial charge >= 0.3 is 0 Å². The molecule has 0 atom stereocenters. The molecule has 4 heteroatoms. The summed E-state index contributed by atoms with van der Waals surface area (Å²) >= 11 is 0. The second kappa shape index (κ2) is 12.4. The van der Waals surface area contributed by atoms with Gasteiger partial charge in [0.15, 0.2) is 5.78 Å². The molecule has 1 aliphatic rings. The minimum Gasteiger partial charge on any atom is -0.512 e. The van der Waals surface area contributed by atoms with Crippen LogP contribution in [0.3, 0.4) is 0 Å². The van der Waals surface area contributed by atoms with Gasteiger partial charge in [-0.3, -0.25) is 4.79 Å². The molecule has 0 saturated heterocycles. The molecule has 0 fully saturated rings. The summed E-state index contributed by atoms with van der Waals surface area (Å²) < 4.78 is 0. The van der Waals surface area contributed by atoms with Crippen LogP contribution in [0.5, 0.6) is 0 Å². The molecule has 5 rings (SSSR count). The van der Waals surface area contributed by atoms with Crippen molar-refractivity contribution in [3.8, 4) is 33.5 Å². The summed E-state index contributed by atoms with van der Waals surface area (Å²) in [5, 5.41) is 11.9. The number of aliphatic hydroxyl groups excluding tert-OH is 1. The fourth-order valence-corrected chi connectivity index (χ4v) is 4.78. The number of rotatable bonds is 5. The number of hydrogen-bond acceptors (Lipinski definition) is 3. The molecule has 3 nitrogen and oxygen atoms in total. The van der Waals surface area contributed by atoms with Crippen molar-refractivity contribution in [2.75, 3.05) is 0 Å². The Hall–Kier alpha value is -3.07. The van der Waals surface area contributed by atoms with E-state index in [2.05, 4.69) is 67.6 Å². The number of carbonyl (C=O) groups excluding carboxylic acids is 1. The fourth-order valence-electron chi connectivity index (χ4n) is 4.78. The third-order valence-corrected chi connectivity index (χ3v) is 6.27. The van der Waals surface area contributed by atoms with E-state index in [1.807, 2.05) is 40.0 Å². The molecule has 0 bridgehead atoms. The molecule has 1 aromatic heterocycles. The van der Waals surface area contributed by atoms with Gasteiger partial charge in [-0.05, 0) is 51.9 Å². The number of pyridine rings is 1. The van der Waals surface area contributed by atoms with Gasteiger partial charge in [-0.15, -0.1) is 29.8 Å². The number of benzene rings is 3.